The van der Waals surface area contributed by atoms with Crippen molar-refractivity contribution in [1.29, 1.82) is 0 Å². The van der Waals surface area contributed by atoms with E-state index in [4.69, 9.17) is 34.8 Å². The van der Waals surface area contributed by atoms with Crippen LogP contribution in [-0.4, -0.2) is 64.6 Å². The van der Waals surface area contributed by atoms with Crippen LogP contribution in [0.15, 0.2) is 48.7 Å². The van der Waals surface area contributed by atoms with Crippen LogP contribution in [0.1, 0.15) is 35.2 Å². The Morgan fingerprint density at radius 3 is 2.50 bits per heavy atom. The Kier molecular flexibility index (Phi) is 8.04. The first-order chi connectivity index (χ1) is 17.4. The smallest absolute Gasteiger partial charge is 0.254 e. The number of pyridine rings is 1. The summed E-state index contributed by atoms with van der Waals surface area (Å²) < 4.78 is 0. The highest BCUT2D eigenvalue weighted by molar-refractivity contribution is 6.42. The van der Waals surface area contributed by atoms with Crippen LogP contribution < -0.4 is 0 Å². The van der Waals surface area contributed by atoms with Gasteiger partial charge < -0.3 is 10.0 Å². The molecule has 1 N–H and O–H groups in total. The van der Waals surface area contributed by atoms with Gasteiger partial charge in [0, 0.05) is 48.9 Å². The summed E-state index contributed by atoms with van der Waals surface area (Å²) in [5.41, 5.74) is 2.60. The third kappa shape index (κ3) is 5.51. The van der Waals surface area contributed by atoms with Crippen molar-refractivity contribution in [3.05, 3.63) is 74.9 Å². The first-order valence-electron chi connectivity index (χ1n) is 12.6. The van der Waals surface area contributed by atoms with Crippen molar-refractivity contribution in [1.82, 2.24) is 14.8 Å². The fourth-order valence-electron chi connectivity index (χ4n) is 5.79. The van der Waals surface area contributed by atoms with Crippen LogP contribution >= 0.6 is 34.8 Å². The maximum Gasteiger partial charge on any atom is 0.254 e. The summed E-state index contributed by atoms with van der Waals surface area (Å²) in [7, 11) is 0. The van der Waals surface area contributed by atoms with Gasteiger partial charge in [-0.2, -0.15) is 0 Å². The predicted octanol–water partition coefficient (Wildman–Crippen LogP) is 5.97. The predicted molar refractivity (Wildman–Crippen MR) is 146 cm³/mol. The average molecular weight is 547 g/mol. The van der Waals surface area contributed by atoms with Crippen LogP contribution in [0, 0.1) is 11.8 Å². The van der Waals surface area contributed by atoms with Crippen LogP contribution in [0.4, 0.5) is 0 Å². The molecule has 0 aliphatic carbocycles. The molecule has 8 heteroatoms. The number of hydrogen-bond acceptors (Lipinski definition) is 4. The molecule has 2 aliphatic heterocycles. The number of rotatable bonds is 5. The van der Waals surface area contributed by atoms with Crippen molar-refractivity contribution >= 4 is 51.6 Å². The molecule has 2 atom stereocenters. The summed E-state index contributed by atoms with van der Waals surface area (Å²) in [5, 5.41) is 12.7. The molecular formula is C28H30Cl3N3O2. The zero-order valence-electron chi connectivity index (χ0n) is 20.0. The lowest BCUT2D eigenvalue weighted by Gasteiger charge is -2.44. The molecule has 5 rings (SSSR count). The molecule has 0 radical (unpaired) electrons. The lowest BCUT2D eigenvalue weighted by Crippen LogP contribution is -2.52. The first-order valence-corrected chi connectivity index (χ1v) is 13.7. The third-order valence-electron chi connectivity index (χ3n) is 7.84. The zero-order valence-corrected chi connectivity index (χ0v) is 22.3. The van der Waals surface area contributed by atoms with Crippen LogP contribution in [-0.2, 0) is 6.42 Å². The Labute approximate surface area is 227 Å². The van der Waals surface area contributed by atoms with Crippen molar-refractivity contribution < 1.29 is 9.90 Å². The van der Waals surface area contributed by atoms with Crippen molar-refractivity contribution in [3.63, 3.8) is 0 Å². The number of likely N-dealkylation sites (tertiary alicyclic amines) is 2. The van der Waals surface area contributed by atoms with Crippen molar-refractivity contribution in [3.8, 4) is 0 Å². The van der Waals surface area contributed by atoms with E-state index in [2.05, 4.69) is 9.88 Å². The first kappa shape index (κ1) is 25.7. The highest BCUT2D eigenvalue weighted by Gasteiger charge is 2.34. The molecule has 0 bridgehead atoms. The standard InChI is InChI=1S/C28H30Cl3N3O2/c29-21-2-4-27-24(15-21)23(5-9-32-27)28(36)33-11-7-22(8-12-33)34-10-6-19(20(16-34)17-35)13-18-1-3-25(30)26(31)14-18/h1-5,9,14-15,19-20,22,35H,6-8,10-13,16-17H2/t19-,20+/m1/s1. The lowest BCUT2D eigenvalue weighted by molar-refractivity contribution is 0.0242. The van der Waals surface area contributed by atoms with Gasteiger partial charge in [-0.15, -0.1) is 0 Å². The fraction of sp³-hybridized carbons (Fsp3) is 0.429. The maximum atomic E-state index is 13.4. The Bertz CT molecular complexity index is 1250. The van der Waals surface area contributed by atoms with Gasteiger partial charge in [0.25, 0.3) is 5.91 Å². The summed E-state index contributed by atoms with van der Waals surface area (Å²) in [6.07, 6.45) is 5.49. The van der Waals surface area contributed by atoms with Gasteiger partial charge in [0.1, 0.15) is 0 Å². The summed E-state index contributed by atoms with van der Waals surface area (Å²) in [6.45, 7) is 3.52. The molecule has 0 spiro atoms. The summed E-state index contributed by atoms with van der Waals surface area (Å²) in [6, 6.07) is 13.5. The Balaban J connectivity index is 1.19. The molecule has 190 valence electrons. The SMILES string of the molecule is O=C(c1ccnc2ccc(Cl)cc12)N1CCC(N2CC[C@H](Cc3ccc(Cl)c(Cl)c3)[C@H](CO)C2)CC1. The van der Waals surface area contributed by atoms with Crippen molar-refractivity contribution in [2.24, 2.45) is 11.8 Å². The molecule has 2 aliphatic rings. The van der Waals surface area contributed by atoms with E-state index in [1.54, 1.807) is 18.3 Å². The second kappa shape index (κ2) is 11.2. The number of nitrogens with zero attached hydrogens (tertiary/aromatic N) is 3. The molecule has 3 heterocycles. The summed E-state index contributed by atoms with van der Waals surface area (Å²) in [4.78, 5) is 22.2. The fourth-order valence-corrected chi connectivity index (χ4v) is 6.29. The average Bonchev–Trinajstić information content (AvgIpc) is 2.90. The van der Waals surface area contributed by atoms with Gasteiger partial charge in [0.15, 0.2) is 0 Å². The van der Waals surface area contributed by atoms with Gasteiger partial charge in [-0.05, 0) is 86.0 Å². The molecule has 2 saturated heterocycles. The number of carbonyl (C=O) groups excluding carboxylic acids is 1. The highest BCUT2D eigenvalue weighted by Crippen LogP contribution is 2.32. The van der Waals surface area contributed by atoms with Gasteiger partial charge in [0.05, 0.1) is 21.1 Å². The number of aliphatic hydroxyl groups excluding tert-OH is 1. The molecular weight excluding hydrogens is 517 g/mol. The number of fused-ring (bicyclic) bond motifs is 1. The van der Waals surface area contributed by atoms with Crippen LogP contribution in [0.2, 0.25) is 15.1 Å². The number of aliphatic hydroxyl groups is 1. The van der Waals surface area contributed by atoms with Gasteiger partial charge in [-0.25, -0.2) is 0 Å². The number of aromatic nitrogens is 1. The molecule has 36 heavy (non-hydrogen) atoms. The van der Waals surface area contributed by atoms with Gasteiger partial charge in [-0.3, -0.25) is 14.7 Å². The van der Waals surface area contributed by atoms with Crippen LogP contribution in [0.3, 0.4) is 0 Å². The summed E-state index contributed by atoms with van der Waals surface area (Å²) >= 11 is 18.5. The number of amides is 1. The van der Waals surface area contributed by atoms with Crippen molar-refractivity contribution in [2.45, 2.75) is 31.7 Å². The van der Waals surface area contributed by atoms with E-state index in [1.165, 1.54) is 0 Å². The number of benzene rings is 2. The Hall–Kier alpha value is -1.89. The summed E-state index contributed by atoms with van der Waals surface area (Å²) in [5.74, 6) is 0.675. The highest BCUT2D eigenvalue weighted by atomic mass is 35.5. The van der Waals surface area contributed by atoms with E-state index in [9.17, 15) is 9.90 Å². The minimum Gasteiger partial charge on any atom is -0.396 e. The minimum absolute atomic E-state index is 0.0386. The number of carbonyl (C=O) groups is 1. The Morgan fingerprint density at radius 1 is 0.944 bits per heavy atom. The number of halogens is 3. The van der Waals surface area contributed by atoms with Gasteiger partial charge >= 0.3 is 0 Å². The molecule has 2 aromatic carbocycles. The monoisotopic (exact) mass is 545 g/mol. The number of hydrogen-bond donors (Lipinski definition) is 1. The van der Waals surface area contributed by atoms with Crippen molar-refractivity contribution in [2.75, 3.05) is 32.8 Å². The molecule has 1 aromatic heterocycles. The molecule has 0 unspecified atom stereocenters. The normalized spacial score (nSPS) is 21.7. The molecule has 0 saturated carbocycles. The van der Waals surface area contributed by atoms with E-state index in [0.29, 0.717) is 32.6 Å². The van der Waals surface area contributed by atoms with E-state index < -0.39 is 0 Å². The van der Waals surface area contributed by atoms with E-state index in [-0.39, 0.29) is 18.4 Å². The molecule has 5 nitrogen and oxygen atoms in total. The van der Waals surface area contributed by atoms with E-state index in [1.807, 2.05) is 35.2 Å². The largest absolute Gasteiger partial charge is 0.396 e. The third-order valence-corrected chi connectivity index (χ3v) is 8.82. The van der Waals surface area contributed by atoms with E-state index in [0.717, 1.165) is 68.3 Å². The molecule has 3 aromatic rings. The Morgan fingerprint density at radius 2 is 1.75 bits per heavy atom. The van der Waals surface area contributed by atoms with E-state index >= 15 is 0 Å². The van der Waals surface area contributed by atoms with Gasteiger partial charge in [0.2, 0.25) is 0 Å². The topological polar surface area (TPSA) is 56.7 Å². The second-order valence-electron chi connectivity index (χ2n) is 9.98. The molecule has 1 amide bonds. The lowest BCUT2D eigenvalue weighted by atomic mass is 9.80. The quantitative estimate of drug-likeness (QED) is 0.428. The van der Waals surface area contributed by atoms with Crippen LogP contribution in [0.25, 0.3) is 10.9 Å². The second-order valence-corrected chi connectivity index (χ2v) is 11.2. The minimum atomic E-state index is 0.0386. The zero-order chi connectivity index (χ0) is 25.2. The van der Waals surface area contributed by atoms with Crippen LogP contribution in [0.5, 0.6) is 0 Å². The molecule has 2 fully saturated rings. The maximum absolute atomic E-state index is 13.4. The van der Waals surface area contributed by atoms with Gasteiger partial charge in [-0.1, -0.05) is 40.9 Å². The number of piperidine rings is 2.